The van der Waals surface area contributed by atoms with E-state index in [4.69, 9.17) is 4.74 Å². The molecule has 0 spiro atoms. The molecular formula is C11H17NO3S. The third-order valence-electron chi connectivity index (χ3n) is 2.32. The van der Waals surface area contributed by atoms with Gasteiger partial charge in [0.2, 0.25) is 5.88 Å². The SMILES string of the molecule is COc1ncccc1CS(=O)(=O)C(C)(C)C. The Morgan fingerprint density at radius 2 is 2.00 bits per heavy atom. The number of ether oxygens (including phenoxy) is 1. The molecule has 0 radical (unpaired) electrons. The van der Waals surface area contributed by atoms with Gasteiger partial charge in [-0.1, -0.05) is 6.07 Å². The molecule has 90 valence electrons. The largest absolute Gasteiger partial charge is 0.481 e. The van der Waals surface area contributed by atoms with Gasteiger partial charge in [-0.05, 0) is 26.8 Å². The predicted octanol–water partition coefficient (Wildman–Crippen LogP) is 1.80. The highest BCUT2D eigenvalue weighted by atomic mass is 32.2. The van der Waals surface area contributed by atoms with Crippen LogP contribution in [-0.2, 0) is 15.6 Å². The Balaban J connectivity index is 3.06. The van der Waals surface area contributed by atoms with Gasteiger partial charge in [0.15, 0.2) is 9.84 Å². The first-order valence-electron chi connectivity index (χ1n) is 4.98. The van der Waals surface area contributed by atoms with Crippen molar-refractivity contribution in [3.8, 4) is 5.88 Å². The van der Waals surface area contributed by atoms with E-state index in [2.05, 4.69) is 4.98 Å². The average Bonchev–Trinajstić information content (AvgIpc) is 2.16. The van der Waals surface area contributed by atoms with Gasteiger partial charge in [-0.25, -0.2) is 13.4 Å². The van der Waals surface area contributed by atoms with Crippen LogP contribution in [-0.4, -0.2) is 25.3 Å². The monoisotopic (exact) mass is 243 g/mol. The first-order valence-corrected chi connectivity index (χ1v) is 6.63. The van der Waals surface area contributed by atoms with Gasteiger partial charge < -0.3 is 4.74 Å². The molecule has 0 aliphatic rings. The van der Waals surface area contributed by atoms with Crippen LogP contribution in [0.25, 0.3) is 0 Å². The molecule has 0 atom stereocenters. The molecule has 0 aromatic carbocycles. The second-order valence-electron chi connectivity index (χ2n) is 4.54. The third-order valence-corrected chi connectivity index (χ3v) is 4.88. The number of nitrogens with zero attached hydrogens (tertiary/aromatic N) is 1. The number of methoxy groups -OCH3 is 1. The maximum atomic E-state index is 12.0. The van der Waals surface area contributed by atoms with Crippen LogP contribution in [0.3, 0.4) is 0 Å². The smallest absolute Gasteiger partial charge is 0.217 e. The van der Waals surface area contributed by atoms with Gasteiger partial charge in [-0.2, -0.15) is 0 Å². The fourth-order valence-corrected chi connectivity index (χ4v) is 2.20. The molecule has 0 saturated heterocycles. The van der Waals surface area contributed by atoms with E-state index in [1.807, 2.05) is 0 Å². The minimum absolute atomic E-state index is 0.0481. The Bertz CT molecular complexity index is 460. The minimum atomic E-state index is -3.20. The topological polar surface area (TPSA) is 56.3 Å². The zero-order valence-electron chi connectivity index (χ0n) is 10.0. The number of rotatable bonds is 3. The van der Waals surface area contributed by atoms with Crippen molar-refractivity contribution >= 4 is 9.84 Å². The van der Waals surface area contributed by atoms with Gasteiger partial charge in [0.25, 0.3) is 0 Å². The number of hydrogen-bond donors (Lipinski definition) is 0. The van der Waals surface area contributed by atoms with Crippen molar-refractivity contribution < 1.29 is 13.2 Å². The highest BCUT2D eigenvalue weighted by molar-refractivity contribution is 7.91. The molecule has 0 aliphatic heterocycles. The molecule has 5 heteroatoms. The molecule has 1 aromatic rings. The van der Waals surface area contributed by atoms with Gasteiger partial charge in [0.1, 0.15) is 0 Å². The molecule has 0 unspecified atom stereocenters. The molecule has 0 amide bonds. The van der Waals surface area contributed by atoms with Crippen LogP contribution < -0.4 is 4.74 Å². The lowest BCUT2D eigenvalue weighted by atomic mass is 10.3. The second-order valence-corrected chi connectivity index (χ2v) is 7.29. The molecule has 16 heavy (non-hydrogen) atoms. The average molecular weight is 243 g/mol. The molecule has 1 rings (SSSR count). The van der Waals surface area contributed by atoms with Crippen molar-refractivity contribution in [2.45, 2.75) is 31.3 Å². The van der Waals surface area contributed by atoms with Crippen molar-refractivity contribution in [2.24, 2.45) is 0 Å². The molecule has 1 aromatic heterocycles. The molecular weight excluding hydrogens is 226 g/mol. The number of sulfone groups is 1. The number of aromatic nitrogens is 1. The van der Waals surface area contributed by atoms with E-state index in [9.17, 15) is 8.42 Å². The lowest BCUT2D eigenvalue weighted by molar-refractivity contribution is 0.393. The van der Waals surface area contributed by atoms with Gasteiger partial charge in [0, 0.05) is 11.8 Å². The van der Waals surface area contributed by atoms with Crippen molar-refractivity contribution in [3.63, 3.8) is 0 Å². The van der Waals surface area contributed by atoms with Gasteiger partial charge in [-0.3, -0.25) is 0 Å². The summed E-state index contributed by atoms with van der Waals surface area (Å²) in [6.45, 7) is 5.06. The van der Waals surface area contributed by atoms with Crippen molar-refractivity contribution in [1.29, 1.82) is 0 Å². The molecule has 0 fully saturated rings. The zero-order chi connectivity index (χ0) is 12.4. The Morgan fingerprint density at radius 3 is 2.50 bits per heavy atom. The van der Waals surface area contributed by atoms with E-state index >= 15 is 0 Å². The summed E-state index contributed by atoms with van der Waals surface area (Å²) in [5.74, 6) is 0.323. The molecule has 0 N–H and O–H groups in total. The standard InChI is InChI=1S/C11H17NO3S/c1-11(2,3)16(13,14)8-9-6-5-7-12-10(9)15-4/h5-7H,8H2,1-4H3. The van der Waals surface area contributed by atoms with Crippen LogP contribution in [0.5, 0.6) is 5.88 Å². The number of hydrogen-bond acceptors (Lipinski definition) is 4. The summed E-state index contributed by atoms with van der Waals surface area (Å²) in [6, 6.07) is 3.42. The number of pyridine rings is 1. The first kappa shape index (κ1) is 13.0. The Morgan fingerprint density at radius 1 is 1.38 bits per heavy atom. The van der Waals surface area contributed by atoms with Crippen molar-refractivity contribution in [3.05, 3.63) is 23.9 Å². The van der Waals surface area contributed by atoms with Crippen LogP contribution >= 0.6 is 0 Å². The maximum Gasteiger partial charge on any atom is 0.217 e. The summed E-state index contributed by atoms with van der Waals surface area (Å²) in [4.78, 5) is 3.98. The molecule has 0 saturated carbocycles. The highest BCUT2D eigenvalue weighted by Crippen LogP contribution is 2.24. The normalized spacial score (nSPS) is 12.5. The highest BCUT2D eigenvalue weighted by Gasteiger charge is 2.30. The summed E-state index contributed by atoms with van der Waals surface area (Å²) in [7, 11) is -1.72. The van der Waals surface area contributed by atoms with Crippen LogP contribution in [0.15, 0.2) is 18.3 Å². The Hall–Kier alpha value is -1.10. The van der Waals surface area contributed by atoms with E-state index in [-0.39, 0.29) is 5.75 Å². The summed E-state index contributed by atoms with van der Waals surface area (Å²) < 4.78 is 28.3. The quantitative estimate of drug-likeness (QED) is 0.812. The molecule has 1 heterocycles. The summed E-state index contributed by atoms with van der Waals surface area (Å²) in [5.41, 5.74) is 0.597. The zero-order valence-corrected chi connectivity index (χ0v) is 10.8. The summed E-state index contributed by atoms with van der Waals surface area (Å²) in [6.07, 6.45) is 1.58. The van der Waals surface area contributed by atoms with Crippen molar-refractivity contribution in [1.82, 2.24) is 4.98 Å². The lowest BCUT2D eigenvalue weighted by Gasteiger charge is -2.19. The fraction of sp³-hybridized carbons (Fsp3) is 0.545. The molecule has 0 aliphatic carbocycles. The van der Waals surface area contributed by atoms with Crippen LogP contribution in [0.4, 0.5) is 0 Å². The van der Waals surface area contributed by atoms with Crippen LogP contribution in [0.2, 0.25) is 0 Å². The second kappa shape index (κ2) is 4.41. The van der Waals surface area contributed by atoms with E-state index in [1.165, 1.54) is 7.11 Å². The Labute approximate surface area is 96.6 Å². The first-order chi connectivity index (χ1) is 7.28. The van der Waals surface area contributed by atoms with Crippen LogP contribution in [0.1, 0.15) is 26.3 Å². The van der Waals surface area contributed by atoms with Gasteiger partial charge in [0.05, 0.1) is 17.6 Å². The molecule has 0 bridgehead atoms. The predicted molar refractivity (Wildman–Crippen MR) is 63.2 cm³/mol. The Kier molecular flexibility index (Phi) is 3.57. The van der Waals surface area contributed by atoms with Crippen molar-refractivity contribution in [2.75, 3.05) is 7.11 Å². The van der Waals surface area contributed by atoms with Gasteiger partial charge in [-0.15, -0.1) is 0 Å². The fourth-order valence-electron chi connectivity index (χ4n) is 1.14. The molecule has 4 nitrogen and oxygen atoms in total. The maximum absolute atomic E-state index is 12.0. The summed E-state index contributed by atoms with van der Waals surface area (Å²) in [5, 5.41) is 0. The van der Waals surface area contributed by atoms with E-state index in [1.54, 1.807) is 39.1 Å². The van der Waals surface area contributed by atoms with E-state index < -0.39 is 14.6 Å². The minimum Gasteiger partial charge on any atom is -0.481 e. The van der Waals surface area contributed by atoms with E-state index in [0.29, 0.717) is 11.4 Å². The van der Waals surface area contributed by atoms with E-state index in [0.717, 1.165) is 0 Å². The third kappa shape index (κ3) is 2.72. The lowest BCUT2D eigenvalue weighted by Crippen LogP contribution is -2.29. The summed E-state index contributed by atoms with van der Waals surface area (Å²) >= 11 is 0. The van der Waals surface area contributed by atoms with Gasteiger partial charge >= 0.3 is 0 Å². The van der Waals surface area contributed by atoms with Crippen LogP contribution in [0, 0.1) is 0 Å².